The molecule has 0 bridgehead atoms. The van der Waals surface area contributed by atoms with E-state index in [-0.39, 0.29) is 12.4 Å². The third kappa shape index (κ3) is 4.45. The molecular formula is C21H26ClN3O. The first-order valence-corrected chi connectivity index (χ1v) is 8.80. The van der Waals surface area contributed by atoms with Gasteiger partial charge in [0.25, 0.3) is 0 Å². The smallest absolute Gasteiger partial charge is 0.122 e. The van der Waals surface area contributed by atoms with Crippen LogP contribution >= 0.6 is 12.4 Å². The van der Waals surface area contributed by atoms with Crippen molar-refractivity contribution in [2.45, 2.75) is 33.2 Å². The highest BCUT2D eigenvalue weighted by Crippen LogP contribution is 2.28. The monoisotopic (exact) mass is 371 g/mol. The number of hydrogen-bond donors (Lipinski definition) is 1. The van der Waals surface area contributed by atoms with E-state index in [0.29, 0.717) is 6.54 Å². The lowest BCUT2D eigenvalue weighted by atomic mass is 10.1. The molecule has 3 aromatic rings. The third-order valence-corrected chi connectivity index (χ3v) is 4.23. The van der Waals surface area contributed by atoms with E-state index in [9.17, 15) is 0 Å². The number of benzene rings is 2. The average molecular weight is 372 g/mol. The predicted octanol–water partition coefficient (Wildman–Crippen LogP) is 4.91. The van der Waals surface area contributed by atoms with Crippen LogP contribution in [0.2, 0.25) is 0 Å². The van der Waals surface area contributed by atoms with Gasteiger partial charge in [-0.05, 0) is 49.2 Å². The Morgan fingerprint density at radius 3 is 2.54 bits per heavy atom. The van der Waals surface area contributed by atoms with Crippen molar-refractivity contribution in [2.24, 2.45) is 5.73 Å². The lowest BCUT2D eigenvalue weighted by Gasteiger charge is -2.10. The maximum Gasteiger partial charge on any atom is 0.122 e. The van der Waals surface area contributed by atoms with Crippen LogP contribution in [0.25, 0.3) is 16.9 Å². The molecule has 2 N–H and O–H groups in total. The van der Waals surface area contributed by atoms with E-state index in [1.807, 2.05) is 47.3 Å². The van der Waals surface area contributed by atoms with Crippen LogP contribution < -0.4 is 10.5 Å². The number of para-hydroxylation sites is 1. The second kappa shape index (κ2) is 9.41. The van der Waals surface area contributed by atoms with Crippen molar-refractivity contribution in [3.63, 3.8) is 0 Å². The average Bonchev–Trinajstić information content (AvgIpc) is 3.08. The Labute approximate surface area is 161 Å². The zero-order valence-corrected chi connectivity index (χ0v) is 16.1. The van der Waals surface area contributed by atoms with Gasteiger partial charge in [0.05, 0.1) is 18.0 Å². The highest BCUT2D eigenvalue weighted by molar-refractivity contribution is 5.85. The van der Waals surface area contributed by atoms with Gasteiger partial charge < -0.3 is 10.5 Å². The fourth-order valence-corrected chi connectivity index (χ4v) is 2.80. The summed E-state index contributed by atoms with van der Waals surface area (Å²) in [4.78, 5) is 0. The summed E-state index contributed by atoms with van der Waals surface area (Å²) in [7, 11) is 0. The normalized spacial score (nSPS) is 10.4. The van der Waals surface area contributed by atoms with Crippen molar-refractivity contribution in [2.75, 3.05) is 6.61 Å². The molecule has 0 aliphatic carbocycles. The molecule has 0 spiro atoms. The fraction of sp³-hybridized carbons (Fsp3) is 0.286. The van der Waals surface area contributed by atoms with Crippen LogP contribution in [0.3, 0.4) is 0 Å². The van der Waals surface area contributed by atoms with Gasteiger partial charge in [-0.1, -0.05) is 31.5 Å². The maximum absolute atomic E-state index is 5.95. The fourth-order valence-electron chi connectivity index (χ4n) is 2.80. The molecular weight excluding hydrogens is 346 g/mol. The SMILES string of the molecule is CCCCOc1ccc(-c2nn(-c3ccccc3)cc2CN)cc1C.Cl. The summed E-state index contributed by atoms with van der Waals surface area (Å²) in [5.41, 5.74) is 11.1. The number of halogens is 1. The number of aryl methyl sites for hydroxylation is 1. The minimum Gasteiger partial charge on any atom is -0.493 e. The first-order valence-electron chi connectivity index (χ1n) is 8.80. The second-order valence-corrected chi connectivity index (χ2v) is 6.17. The Bertz CT molecular complexity index is 831. The van der Waals surface area contributed by atoms with E-state index in [0.717, 1.165) is 53.3 Å². The van der Waals surface area contributed by atoms with Crippen molar-refractivity contribution < 1.29 is 4.74 Å². The first-order chi connectivity index (χ1) is 12.2. The quantitative estimate of drug-likeness (QED) is 0.600. The highest BCUT2D eigenvalue weighted by Gasteiger charge is 2.12. The standard InChI is InChI=1S/C21H25N3O.ClH/c1-3-4-12-25-20-11-10-17(13-16(20)2)21-18(14-22)15-24(23-21)19-8-6-5-7-9-19;/h5-11,13,15H,3-4,12,14,22H2,1-2H3;1H. The lowest BCUT2D eigenvalue weighted by Crippen LogP contribution is -1.99. The Morgan fingerprint density at radius 2 is 1.88 bits per heavy atom. The Balaban J connectivity index is 0.00000243. The predicted molar refractivity (Wildman–Crippen MR) is 109 cm³/mol. The van der Waals surface area contributed by atoms with Gasteiger partial charge in [0.15, 0.2) is 0 Å². The van der Waals surface area contributed by atoms with Crippen LogP contribution in [0.4, 0.5) is 0 Å². The van der Waals surface area contributed by atoms with Gasteiger partial charge in [-0.2, -0.15) is 5.10 Å². The first kappa shape index (κ1) is 20.0. The van der Waals surface area contributed by atoms with Gasteiger partial charge >= 0.3 is 0 Å². The van der Waals surface area contributed by atoms with Gasteiger partial charge in [0.1, 0.15) is 5.75 Å². The molecule has 26 heavy (non-hydrogen) atoms. The largest absolute Gasteiger partial charge is 0.493 e. The molecule has 0 aliphatic heterocycles. The molecule has 138 valence electrons. The Morgan fingerprint density at radius 1 is 1.12 bits per heavy atom. The lowest BCUT2D eigenvalue weighted by molar-refractivity contribution is 0.307. The van der Waals surface area contributed by atoms with Crippen molar-refractivity contribution in [3.8, 4) is 22.7 Å². The van der Waals surface area contributed by atoms with Crippen LogP contribution in [0, 0.1) is 6.92 Å². The molecule has 3 rings (SSSR count). The van der Waals surface area contributed by atoms with E-state index < -0.39 is 0 Å². The topological polar surface area (TPSA) is 53.1 Å². The van der Waals surface area contributed by atoms with Crippen LogP contribution in [-0.4, -0.2) is 16.4 Å². The second-order valence-electron chi connectivity index (χ2n) is 6.17. The molecule has 0 radical (unpaired) electrons. The number of ether oxygens (including phenoxy) is 1. The molecule has 0 atom stereocenters. The molecule has 1 heterocycles. The van der Waals surface area contributed by atoms with Crippen LogP contribution in [-0.2, 0) is 6.54 Å². The molecule has 0 amide bonds. The van der Waals surface area contributed by atoms with Crippen molar-refractivity contribution in [3.05, 3.63) is 65.9 Å². The van der Waals surface area contributed by atoms with Crippen LogP contribution in [0.15, 0.2) is 54.7 Å². The molecule has 4 nitrogen and oxygen atoms in total. The molecule has 0 saturated carbocycles. The van der Waals surface area contributed by atoms with Crippen LogP contribution in [0.5, 0.6) is 5.75 Å². The zero-order chi connectivity index (χ0) is 17.6. The minimum atomic E-state index is 0. The number of nitrogens with zero attached hydrogens (tertiary/aromatic N) is 2. The molecule has 2 aromatic carbocycles. The number of aromatic nitrogens is 2. The number of nitrogens with two attached hydrogens (primary N) is 1. The van der Waals surface area contributed by atoms with Gasteiger partial charge in [0.2, 0.25) is 0 Å². The van der Waals surface area contributed by atoms with E-state index in [1.165, 1.54) is 0 Å². The van der Waals surface area contributed by atoms with Crippen molar-refractivity contribution >= 4 is 12.4 Å². The Hall–Kier alpha value is -2.30. The molecule has 0 saturated heterocycles. The van der Waals surface area contributed by atoms with Crippen LogP contribution in [0.1, 0.15) is 30.9 Å². The summed E-state index contributed by atoms with van der Waals surface area (Å²) in [6.45, 7) is 5.45. The number of unbranched alkanes of at least 4 members (excludes halogenated alkanes) is 1. The summed E-state index contributed by atoms with van der Waals surface area (Å²) in [5, 5.41) is 4.76. The van der Waals surface area contributed by atoms with Gasteiger partial charge in [-0.15, -0.1) is 12.4 Å². The Kier molecular flexibility index (Phi) is 7.25. The van der Waals surface area contributed by atoms with Gasteiger partial charge in [-0.25, -0.2) is 4.68 Å². The number of hydrogen-bond acceptors (Lipinski definition) is 3. The molecule has 1 aromatic heterocycles. The summed E-state index contributed by atoms with van der Waals surface area (Å²) >= 11 is 0. The minimum absolute atomic E-state index is 0. The van der Waals surface area contributed by atoms with E-state index in [2.05, 4.69) is 26.0 Å². The summed E-state index contributed by atoms with van der Waals surface area (Å²) in [5.74, 6) is 0.939. The molecule has 5 heteroatoms. The maximum atomic E-state index is 5.95. The number of rotatable bonds is 7. The molecule has 0 aliphatic rings. The van der Waals surface area contributed by atoms with E-state index >= 15 is 0 Å². The molecule has 0 unspecified atom stereocenters. The third-order valence-electron chi connectivity index (χ3n) is 4.23. The van der Waals surface area contributed by atoms with Crippen molar-refractivity contribution in [1.82, 2.24) is 9.78 Å². The van der Waals surface area contributed by atoms with E-state index in [1.54, 1.807) is 0 Å². The summed E-state index contributed by atoms with van der Waals surface area (Å²) in [6, 6.07) is 16.3. The summed E-state index contributed by atoms with van der Waals surface area (Å²) < 4.78 is 7.74. The van der Waals surface area contributed by atoms with Gasteiger partial charge in [-0.3, -0.25) is 0 Å². The molecule has 0 fully saturated rings. The summed E-state index contributed by atoms with van der Waals surface area (Å²) in [6.07, 6.45) is 4.21. The zero-order valence-electron chi connectivity index (χ0n) is 15.3. The van der Waals surface area contributed by atoms with Crippen molar-refractivity contribution in [1.29, 1.82) is 0 Å². The van der Waals surface area contributed by atoms with E-state index in [4.69, 9.17) is 15.6 Å². The van der Waals surface area contributed by atoms with Gasteiger partial charge in [0, 0.05) is 23.9 Å². The highest BCUT2D eigenvalue weighted by atomic mass is 35.5.